The summed E-state index contributed by atoms with van der Waals surface area (Å²) in [6, 6.07) is 16.9. The Labute approximate surface area is 140 Å². The van der Waals surface area contributed by atoms with Crippen LogP contribution in [0.2, 0.25) is 0 Å². The number of ether oxygens (including phenoxy) is 3. The lowest BCUT2D eigenvalue weighted by Gasteiger charge is -2.06. The van der Waals surface area contributed by atoms with E-state index in [2.05, 4.69) is 10.2 Å². The number of rotatable bonds is 8. The van der Waals surface area contributed by atoms with Gasteiger partial charge in [0.1, 0.15) is 17.2 Å². The molecule has 6 heteroatoms. The molecule has 0 fully saturated rings. The summed E-state index contributed by atoms with van der Waals surface area (Å²) in [6.07, 6.45) is 0. The van der Waals surface area contributed by atoms with E-state index in [1.54, 1.807) is 0 Å². The molecule has 0 atom stereocenters. The van der Waals surface area contributed by atoms with Gasteiger partial charge >= 0.3 is 0 Å². The van der Waals surface area contributed by atoms with Crippen molar-refractivity contribution in [2.75, 3.05) is 6.61 Å². The third kappa shape index (κ3) is 4.49. The number of para-hydroxylation sites is 1. The molecule has 24 heavy (non-hydrogen) atoms. The molecule has 0 saturated heterocycles. The van der Waals surface area contributed by atoms with Gasteiger partial charge in [-0.3, -0.25) is 0 Å². The van der Waals surface area contributed by atoms with Gasteiger partial charge in [-0.2, -0.15) is 0 Å². The van der Waals surface area contributed by atoms with Crippen LogP contribution in [0.1, 0.15) is 18.7 Å². The zero-order valence-electron chi connectivity index (χ0n) is 13.3. The maximum atomic E-state index is 5.64. The monoisotopic (exact) mass is 326 g/mol. The van der Waals surface area contributed by atoms with Crippen molar-refractivity contribution in [1.82, 2.24) is 10.2 Å². The number of nitrogens with zero attached hydrogens (tertiary/aromatic N) is 2. The number of aromatic nitrogens is 2. The van der Waals surface area contributed by atoms with E-state index in [1.807, 2.05) is 61.5 Å². The summed E-state index contributed by atoms with van der Waals surface area (Å²) in [6.45, 7) is 2.95. The molecule has 0 unspecified atom stereocenters. The minimum absolute atomic E-state index is 0.188. The van der Waals surface area contributed by atoms with Crippen LogP contribution < -0.4 is 14.2 Å². The van der Waals surface area contributed by atoms with Crippen LogP contribution in [0, 0.1) is 0 Å². The predicted octanol–water partition coefficient (Wildman–Crippen LogP) is 3.63. The van der Waals surface area contributed by atoms with E-state index in [-0.39, 0.29) is 13.2 Å². The van der Waals surface area contributed by atoms with Crippen molar-refractivity contribution in [3.05, 3.63) is 66.4 Å². The van der Waals surface area contributed by atoms with Gasteiger partial charge < -0.3 is 18.6 Å². The topological polar surface area (TPSA) is 66.6 Å². The van der Waals surface area contributed by atoms with Gasteiger partial charge in [-0.25, -0.2) is 0 Å². The Morgan fingerprint density at radius 1 is 0.750 bits per heavy atom. The average molecular weight is 326 g/mol. The van der Waals surface area contributed by atoms with Crippen LogP contribution in [0.5, 0.6) is 17.2 Å². The third-order valence-corrected chi connectivity index (χ3v) is 3.09. The normalized spacial score (nSPS) is 10.4. The molecule has 0 N–H and O–H groups in total. The molecule has 124 valence electrons. The van der Waals surface area contributed by atoms with Crippen molar-refractivity contribution in [3.8, 4) is 17.2 Å². The van der Waals surface area contributed by atoms with Crippen molar-refractivity contribution in [2.24, 2.45) is 0 Å². The highest BCUT2D eigenvalue weighted by atomic mass is 16.5. The van der Waals surface area contributed by atoms with Crippen LogP contribution in [-0.4, -0.2) is 16.8 Å². The molecule has 0 amide bonds. The molecule has 1 aromatic heterocycles. The Bertz CT molecular complexity index is 758. The van der Waals surface area contributed by atoms with Crippen LogP contribution in [0.15, 0.2) is 59.0 Å². The maximum Gasteiger partial charge on any atom is 0.254 e. The predicted molar refractivity (Wildman–Crippen MR) is 87.0 cm³/mol. The summed E-state index contributed by atoms with van der Waals surface area (Å²) < 4.78 is 22.1. The molecular weight excluding hydrogens is 308 g/mol. The van der Waals surface area contributed by atoms with E-state index >= 15 is 0 Å². The number of hydrogen-bond donors (Lipinski definition) is 0. The molecule has 0 radical (unpaired) electrons. The van der Waals surface area contributed by atoms with Crippen molar-refractivity contribution in [3.63, 3.8) is 0 Å². The van der Waals surface area contributed by atoms with Crippen molar-refractivity contribution < 1.29 is 18.6 Å². The standard InChI is InChI=1S/C18H18N2O4/c1-2-21-15-9-6-10-16(11-15)23-13-18-20-19-17(24-18)12-22-14-7-4-3-5-8-14/h3-11H,2,12-13H2,1H3. The van der Waals surface area contributed by atoms with E-state index in [0.29, 0.717) is 24.1 Å². The van der Waals surface area contributed by atoms with Gasteiger partial charge in [0.25, 0.3) is 11.8 Å². The maximum absolute atomic E-state index is 5.64. The first-order chi connectivity index (χ1) is 11.8. The minimum atomic E-state index is 0.188. The van der Waals surface area contributed by atoms with Crippen molar-refractivity contribution in [2.45, 2.75) is 20.1 Å². The summed E-state index contributed by atoms with van der Waals surface area (Å²) in [4.78, 5) is 0. The van der Waals surface area contributed by atoms with Crippen LogP contribution in [0.4, 0.5) is 0 Å². The summed E-state index contributed by atoms with van der Waals surface area (Å²) in [5.41, 5.74) is 0. The molecule has 0 aliphatic heterocycles. The fraction of sp³-hybridized carbons (Fsp3) is 0.222. The Hall–Kier alpha value is -3.02. The fourth-order valence-electron chi connectivity index (χ4n) is 2.03. The Balaban J connectivity index is 1.51. The molecule has 0 aliphatic carbocycles. The lowest BCUT2D eigenvalue weighted by molar-refractivity contribution is 0.231. The van der Waals surface area contributed by atoms with Gasteiger partial charge in [0.15, 0.2) is 13.2 Å². The van der Waals surface area contributed by atoms with E-state index in [9.17, 15) is 0 Å². The molecule has 2 aromatic carbocycles. The first kappa shape index (κ1) is 15.9. The highest BCUT2D eigenvalue weighted by molar-refractivity contribution is 5.32. The van der Waals surface area contributed by atoms with Crippen molar-refractivity contribution in [1.29, 1.82) is 0 Å². The van der Waals surface area contributed by atoms with E-state index in [0.717, 1.165) is 11.5 Å². The Morgan fingerprint density at radius 2 is 1.33 bits per heavy atom. The van der Waals surface area contributed by atoms with Gasteiger partial charge in [0.05, 0.1) is 6.61 Å². The summed E-state index contributed by atoms with van der Waals surface area (Å²) >= 11 is 0. The first-order valence-corrected chi connectivity index (χ1v) is 7.68. The quantitative estimate of drug-likeness (QED) is 0.630. The van der Waals surface area contributed by atoms with Gasteiger partial charge in [-0.1, -0.05) is 24.3 Å². The van der Waals surface area contributed by atoms with Gasteiger partial charge in [-0.05, 0) is 31.2 Å². The first-order valence-electron chi connectivity index (χ1n) is 7.68. The molecule has 0 saturated carbocycles. The third-order valence-electron chi connectivity index (χ3n) is 3.09. The van der Waals surface area contributed by atoms with Crippen LogP contribution >= 0.6 is 0 Å². The summed E-state index contributed by atoms with van der Waals surface area (Å²) in [7, 11) is 0. The molecule has 6 nitrogen and oxygen atoms in total. The van der Waals surface area contributed by atoms with Gasteiger partial charge in [0.2, 0.25) is 0 Å². The lowest BCUT2D eigenvalue weighted by Crippen LogP contribution is -1.97. The van der Waals surface area contributed by atoms with E-state index < -0.39 is 0 Å². The van der Waals surface area contributed by atoms with Crippen LogP contribution in [0.25, 0.3) is 0 Å². The average Bonchev–Trinajstić information content (AvgIpc) is 3.08. The second-order valence-electron chi connectivity index (χ2n) is 4.89. The van der Waals surface area contributed by atoms with Gasteiger partial charge in [0, 0.05) is 6.07 Å². The largest absolute Gasteiger partial charge is 0.494 e. The van der Waals surface area contributed by atoms with Gasteiger partial charge in [-0.15, -0.1) is 10.2 Å². The molecule has 0 aliphatic rings. The fourth-order valence-corrected chi connectivity index (χ4v) is 2.03. The SMILES string of the molecule is CCOc1cccc(OCc2nnc(COc3ccccc3)o2)c1. The second kappa shape index (κ2) is 8.01. The molecule has 3 rings (SSSR count). The highest BCUT2D eigenvalue weighted by Gasteiger charge is 2.08. The lowest BCUT2D eigenvalue weighted by atomic mass is 10.3. The van der Waals surface area contributed by atoms with Crippen LogP contribution in [0.3, 0.4) is 0 Å². The van der Waals surface area contributed by atoms with Crippen molar-refractivity contribution >= 4 is 0 Å². The van der Waals surface area contributed by atoms with E-state index in [1.165, 1.54) is 0 Å². The zero-order valence-corrected chi connectivity index (χ0v) is 13.3. The molecule has 0 spiro atoms. The zero-order chi connectivity index (χ0) is 16.6. The highest BCUT2D eigenvalue weighted by Crippen LogP contribution is 2.20. The van der Waals surface area contributed by atoms with E-state index in [4.69, 9.17) is 18.6 Å². The number of benzene rings is 2. The number of hydrogen-bond acceptors (Lipinski definition) is 6. The Kier molecular flexibility index (Phi) is 5.29. The molecule has 3 aromatic rings. The molecule has 0 bridgehead atoms. The minimum Gasteiger partial charge on any atom is -0.494 e. The summed E-state index contributed by atoms with van der Waals surface area (Å²) in [5.74, 6) is 2.99. The molecular formula is C18H18N2O4. The second-order valence-corrected chi connectivity index (χ2v) is 4.89. The Morgan fingerprint density at radius 3 is 2.00 bits per heavy atom. The smallest absolute Gasteiger partial charge is 0.254 e. The van der Waals surface area contributed by atoms with Crippen LogP contribution in [-0.2, 0) is 13.2 Å². The molecule has 1 heterocycles. The summed E-state index contributed by atoms with van der Waals surface area (Å²) in [5, 5.41) is 7.89.